The van der Waals surface area contributed by atoms with E-state index in [4.69, 9.17) is 10.5 Å². The van der Waals surface area contributed by atoms with Gasteiger partial charge in [0.1, 0.15) is 5.75 Å². The van der Waals surface area contributed by atoms with E-state index >= 15 is 0 Å². The standard InChI is InChI=1S/C17H22BrNO/c18-15-6-12-3-4-20-16(12)13(7-15)9-17(10-19)8-11-1-2-14(17)5-11/h6-7,11,14H,1-5,8-10,19H2. The van der Waals surface area contributed by atoms with Gasteiger partial charge in [-0.15, -0.1) is 0 Å². The van der Waals surface area contributed by atoms with Crippen LogP contribution in [0.5, 0.6) is 5.75 Å². The molecule has 2 fully saturated rings. The lowest BCUT2D eigenvalue weighted by atomic mass is 9.69. The zero-order chi connectivity index (χ0) is 13.7. The third-order valence-corrected chi connectivity index (χ3v) is 6.33. The monoisotopic (exact) mass is 335 g/mol. The maximum absolute atomic E-state index is 6.23. The quantitative estimate of drug-likeness (QED) is 0.914. The lowest BCUT2D eigenvalue weighted by molar-refractivity contribution is 0.170. The molecule has 0 aromatic heterocycles. The molecular formula is C17H22BrNO. The number of hydrogen-bond acceptors (Lipinski definition) is 2. The summed E-state index contributed by atoms with van der Waals surface area (Å²) >= 11 is 3.66. The van der Waals surface area contributed by atoms with Crippen molar-refractivity contribution in [1.82, 2.24) is 0 Å². The first-order valence-corrected chi connectivity index (χ1v) is 8.64. The lowest BCUT2D eigenvalue weighted by Crippen LogP contribution is -2.38. The Morgan fingerprint density at radius 3 is 2.95 bits per heavy atom. The zero-order valence-electron chi connectivity index (χ0n) is 11.8. The largest absolute Gasteiger partial charge is 0.493 e. The molecule has 0 spiro atoms. The molecular weight excluding hydrogens is 314 g/mol. The molecule has 3 heteroatoms. The number of rotatable bonds is 3. The van der Waals surface area contributed by atoms with E-state index in [2.05, 4.69) is 28.1 Å². The van der Waals surface area contributed by atoms with Crippen LogP contribution in [0.1, 0.15) is 36.8 Å². The van der Waals surface area contributed by atoms with Gasteiger partial charge in [-0.2, -0.15) is 0 Å². The number of hydrogen-bond donors (Lipinski definition) is 1. The van der Waals surface area contributed by atoms with E-state index in [-0.39, 0.29) is 0 Å². The first-order chi connectivity index (χ1) is 9.70. The van der Waals surface area contributed by atoms with Gasteiger partial charge in [0.2, 0.25) is 0 Å². The van der Waals surface area contributed by atoms with E-state index in [1.54, 1.807) is 0 Å². The molecule has 2 bridgehead atoms. The van der Waals surface area contributed by atoms with Gasteiger partial charge in [0.25, 0.3) is 0 Å². The van der Waals surface area contributed by atoms with Gasteiger partial charge in [0.15, 0.2) is 0 Å². The van der Waals surface area contributed by atoms with E-state index < -0.39 is 0 Å². The average Bonchev–Trinajstić information content (AvgIpc) is 3.12. The molecule has 108 valence electrons. The van der Waals surface area contributed by atoms with E-state index in [1.807, 2.05) is 0 Å². The Kier molecular flexibility index (Phi) is 3.11. The summed E-state index contributed by atoms with van der Waals surface area (Å²) < 4.78 is 7.09. The van der Waals surface area contributed by atoms with Crippen molar-refractivity contribution in [2.75, 3.05) is 13.2 Å². The second-order valence-electron chi connectivity index (χ2n) is 6.98. The number of fused-ring (bicyclic) bond motifs is 3. The maximum Gasteiger partial charge on any atom is 0.125 e. The fourth-order valence-corrected chi connectivity index (χ4v) is 5.51. The van der Waals surface area contributed by atoms with Crippen LogP contribution in [0.2, 0.25) is 0 Å². The molecule has 2 nitrogen and oxygen atoms in total. The minimum absolute atomic E-state index is 0.337. The normalized spacial score (nSPS) is 34.3. The molecule has 20 heavy (non-hydrogen) atoms. The summed E-state index contributed by atoms with van der Waals surface area (Å²) in [4.78, 5) is 0. The van der Waals surface area contributed by atoms with Crippen molar-refractivity contribution in [1.29, 1.82) is 0 Å². The zero-order valence-corrected chi connectivity index (χ0v) is 13.4. The molecule has 0 amide bonds. The SMILES string of the molecule is NCC1(Cc2cc(Br)cc3c2OCC3)CC2CCC1C2. The summed E-state index contributed by atoms with van der Waals surface area (Å²) in [6.07, 6.45) is 7.71. The fraction of sp³-hybridized carbons (Fsp3) is 0.647. The maximum atomic E-state index is 6.23. The van der Waals surface area contributed by atoms with Crippen LogP contribution in [0, 0.1) is 17.3 Å². The minimum atomic E-state index is 0.337. The van der Waals surface area contributed by atoms with Crippen molar-refractivity contribution in [3.05, 3.63) is 27.7 Å². The number of ether oxygens (including phenoxy) is 1. The van der Waals surface area contributed by atoms with Gasteiger partial charge >= 0.3 is 0 Å². The predicted molar refractivity (Wildman–Crippen MR) is 84.0 cm³/mol. The van der Waals surface area contributed by atoms with Crippen LogP contribution < -0.4 is 10.5 Å². The molecule has 1 aliphatic heterocycles. The van der Waals surface area contributed by atoms with E-state index in [1.165, 1.54) is 41.3 Å². The highest BCUT2D eigenvalue weighted by atomic mass is 79.9. The van der Waals surface area contributed by atoms with Crippen LogP contribution in [0.25, 0.3) is 0 Å². The molecule has 1 heterocycles. The Labute approximate surface area is 129 Å². The molecule has 3 atom stereocenters. The van der Waals surface area contributed by atoms with Crippen LogP contribution in [0.4, 0.5) is 0 Å². The Morgan fingerprint density at radius 1 is 1.35 bits per heavy atom. The molecule has 4 rings (SSSR count). The van der Waals surface area contributed by atoms with Gasteiger partial charge in [0.05, 0.1) is 6.61 Å². The summed E-state index contributed by atoms with van der Waals surface area (Å²) in [6.45, 7) is 1.66. The van der Waals surface area contributed by atoms with Crippen LogP contribution in [0.15, 0.2) is 16.6 Å². The van der Waals surface area contributed by atoms with Crippen molar-refractivity contribution in [3.63, 3.8) is 0 Å². The second-order valence-corrected chi connectivity index (χ2v) is 7.89. The molecule has 1 aromatic rings. The fourth-order valence-electron chi connectivity index (χ4n) is 4.95. The number of benzene rings is 1. The molecule has 0 radical (unpaired) electrons. The number of nitrogens with two attached hydrogens (primary N) is 1. The van der Waals surface area contributed by atoms with Gasteiger partial charge < -0.3 is 10.5 Å². The molecule has 2 N–H and O–H groups in total. The Balaban J connectivity index is 1.69. The second kappa shape index (κ2) is 4.74. The molecule has 2 aliphatic carbocycles. The molecule has 2 saturated carbocycles. The summed E-state index contributed by atoms with van der Waals surface area (Å²) in [5.41, 5.74) is 9.32. The van der Waals surface area contributed by atoms with E-state index in [0.29, 0.717) is 5.41 Å². The van der Waals surface area contributed by atoms with Gasteiger partial charge in [-0.05, 0) is 72.7 Å². The molecule has 3 aliphatic rings. The topological polar surface area (TPSA) is 35.2 Å². The van der Waals surface area contributed by atoms with Crippen molar-refractivity contribution in [3.8, 4) is 5.75 Å². The van der Waals surface area contributed by atoms with Gasteiger partial charge in [-0.1, -0.05) is 22.4 Å². The van der Waals surface area contributed by atoms with Crippen molar-refractivity contribution < 1.29 is 4.74 Å². The van der Waals surface area contributed by atoms with Gasteiger partial charge in [-0.3, -0.25) is 0 Å². The van der Waals surface area contributed by atoms with Crippen LogP contribution in [-0.2, 0) is 12.8 Å². The summed E-state index contributed by atoms with van der Waals surface area (Å²) in [5, 5.41) is 0. The average molecular weight is 336 g/mol. The van der Waals surface area contributed by atoms with Crippen molar-refractivity contribution >= 4 is 15.9 Å². The van der Waals surface area contributed by atoms with Crippen molar-refractivity contribution in [2.24, 2.45) is 23.0 Å². The van der Waals surface area contributed by atoms with Gasteiger partial charge in [-0.25, -0.2) is 0 Å². The van der Waals surface area contributed by atoms with Crippen LogP contribution >= 0.6 is 15.9 Å². The minimum Gasteiger partial charge on any atom is -0.493 e. The van der Waals surface area contributed by atoms with E-state index in [0.717, 1.165) is 43.6 Å². The van der Waals surface area contributed by atoms with Crippen LogP contribution in [0.3, 0.4) is 0 Å². The first-order valence-electron chi connectivity index (χ1n) is 7.84. The Morgan fingerprint density at radius 2 is 2.25 bits per heavy atom. The molecule has 1 aromatic carbocycles. The Hall–Kier alpha value is -0.540. The first kappa shape index (κ1) is 13.1. The molecule has 3 unspecified atom stereocenters. The highest BCUT2D eigenvalue weighted by molar-refractivity contribution is 9.10. The molecule has 0 saturated heterocycles. The van der Waals surface area contributed by atoms with Crippen molar-refractivity contribution in [2.45, 2.75) is 38.5 Å². The summed E-state index contributed by atoms with van der Waals surface area (Å²) in [7, 11) is 0. The summed E-state index contributed by atoms with van der Waals surface area (Å²) in [6, 6.07) is 4.47. The third kappa shape index (κ3) is 1.93. The number of halogens is 1. The predicted octanol–water partition coefficient (Wildman–Crippen LogP) is 3.69. The van der Waals surface area contributed by atoms with Crippen LogP contribution in [-0.4, -0.2) is 13.2 Å². The lowest BCUT2D eigenvalue weighted by Gasteiger charge is -2.37. The highest BCUT2D eigenvalue weighted by Gasteiger charge is 2.50. The van der Waals surface area contributed by atoms with E-state index in [9.17, 15) is 0 Å². The highest BCUT2D eigenvalue weighted by Crippen LogP contribution is 2.57. The third-order valence-electron chi connectivity index (χ3n) is 5.88. The Bertz CT molecular complexity index is 544. The summed E-state index contributed by atoms with van der Waals surface area (Å²) in [5.74, 6) is 2.93. The van der Waals surface area contributed by atoms with Gasteiger partial charge in [0, 0.05) is 10.9 Å². The smallest absolute Gasteiger partial charge is 0.125 e.